The maximum atomic E-state index is 12.7. The minimum atomic E-state index is -0.368. The molecule has 1 aromatic rings. The molecule has 0 fully saturated rings. The predicted molar refractivity (Wildman–Crippen MR) is 95.7 cm³/mol. The van der Waals surface area contributed by atoms with Gasteiger partial charge in [0.05, 0.1) is 14.2 Å². The summed E-state index contributed by atoms with van der Waals surface area (Å²) in [4.78, 5) is 12.7. The van der Waals surface area contributed by atoms with Crippen LogP contribution < -0.4 is 9.47 Å². The number of cyclic esters (lactones) is 1. The maximum absolute atomic E-state index is 12.7. The van der Waals surface area contributed by atoms with Crippen molar-refractivity contribution in [2.75, 3.05) is 14.2 Å². The van der Waals surface area contributed by atoms with Crippen LogP contribution in [0.2, 0.25) is 0 Å². The molecule has 1 aliphatic heterocycles. The summed E-state index contributed by atoms with van der Waals surface area (Å²) in [6.45, 7) is 1.90. The quantitative estimate of drug-likeness (QED) is 0.578. The molecule has 4 nitrogen and oxygen atoms in total. The first kappa shape index (κ1) is 18.1. The van der Waals surface area contributed by atoms with Crippen LogP contribution >= 0.6 is 0 Å². The fraction of sp³-hybridized carbons (Fsp3) is 0.450. The monoisotopic (exact) mass is 330 g/mol. The molecule has 1 aromatic carbocycles. The Bertz CT molecular complexity index is 616. The van der Waals surface area contributed by atoms with Crippen LogP contribution in [-0.4, -0.2) is 26.3 Å². The average Bonchev–Trinajstić information content (AvgIpc) is 2.58. The van der Waals surface area contributed by atoms with E-state index in [9.17, 15) is 4.79 Å². The maximum Gasteiger partial charge on any atom is 0.342 e. The Balaban J connectivity index is 2.42. The van der Waals surface area contributed by atoms with Crippen molar-refractivity contribution < 1.29 is 19.0 Å². The second kappa shape index (κ2) is 9.16. The molecule has 4 heteroatoms. The molecule has 0 aliphatic carbocycles. The molecule has 0 bridgehead atoms. The highest BCUT2D eigenvalue weighted by molar-refractivity contribution is 5.97. The summed E-state index contributed by atoms with van der Waals surface area (Å²) in [5.74, 6) is 0.751. The lowest BCUT2D eigenvalue weighted by atomic mass is 10.0. The zero-order chi connectivity index (χ0) is 17.4. The highest BCUT2D eigenvalue weighted by Gasteiger charge is 2.21. The number of allylic oxidation sites excluding steroid dienone is 2. The van der Waals surface area contributed by atoms with Gasteiger partial charge in [0.25, 0.3) is 0 Å². The number of rotatable bonds is 2. The van der Waals surface area contributed by atoms with E-state index in [1.165, 1.54) is 0 Å². The van der Waals surface area contributed by atoms with Crippen LogP contribution in [0.25, 0.3) is 6.08 Å². The lowest BCUT2D eigenvalue weighted by molar-refractivity contribution is 0.0344. The van der Waals surface area contributed by atoms with Crippen LogP contribution in [0.15, 0.2) is 30.4 Å². The van der Waals surface area contributed by atoms with Crippen molar-refractivity contribution in [1.82, 2.24) is 0 Å². The van der Waals surface area contributed by atoms with Gasteiger partial charge in [-0.05, 0) is 44.2 Å². The van der Waals surface area contributed by atoms with Gasteiger partial charge in [0.2, 0.25) is 0 Å². The van der Waals surface area contributed by atoms with E-state index in [-0.39, 0.29) is 12.1 Å². The third kappa shape index (κ3) is 4.88. The number of carbonyl (C=O) groups is 1. The topological polar surface area (TPSA) is 44.8 Å². The Morgan fingerprint density at radius 3 is 2.50 bits per heavy atom. The molecule has 1 heterocycles. The molecule has 24 heavy (non-hydrogen) atoms. The molecule has 1 atom stereocenters. The molecular weight excluding hydrogens is 304 g/mol. The van der Waals surface area contributed by atoms with E-state index in [4.69, 9.17) is 14.2 Å². The van der Waals surface area contributed by atoms with Gasteiger partial charge in [-0.2, -0.15) is 0 Å². The SMILES string of the molecule is COc1cc2c(c(OC)c1)C(=O)OC(C)C/C=C/CCCC/C=C/2. The Labute approximate surface area is 144 Å². The van der Waals surface area contributed by atoms with Crippen molar-refractivity contribution >= 4 is 12.0 Å². The van der Waals surface area contributed by atoms with Crippen LogP contribution in [-0.2, 0) is 4.74 Å². The van der Waals surface area contributed by atoms with Gasteiger partial charge >= 0.3 is 5.97 Å². The van der Waals surface area contributed by atoms with Crippen LogP contribution in [0.4, 0.5) is 0 Å². The smallest absolute Gasteiger partial charge is 0.342 e. The second-order valence-corrected chi connectivity index (χ2v) is 5.90. The van der Waals surface area contributed by atoms with E-state index in [1.54, 1.807) is 20.3 Å². The minimum Gasteiger partial charge on any atom is -0.497 e. The fourth-order valence-corrected chi connectivity index (χ4v) is 2.67. The highest BCUT2D eigenvalue weighted by Crippen LogP contribution is 2.31. The lowest BCUT2D eigenvalue weighted by Crippen LogP contribution is -2.16. The van der Waals surface area contributed by atoms with Gasteiger partial charge in [-0.1, -0.05) is 24.3 Å². The first-order valence-electron chi connectivity index (χ1n) is 8.44. The van der Waals surface area contributed by atoms with E-state index in [2.05, 4.69) is 18.2 Å². The number of fused-ring (bicyclic) bond motifs is 1. The number of esters is 1. The Morgan fingerprint density at radius 1 is 1.04 bits per heavy atom. The largest absolute Gasteiger partial charge is 0.497 e. The second-order valence-electron chi connectivity index (χ2n) is 5.90. The summed E-state index contributed by atoms with van der Waals surface area (Å²) in [7, 11) is 3.14. The van der Waals surface area contributed by atoms with Gasteiger partial charge in [-0.25, -0.2) is 4.79 Å². The van der Waals surface area contributed by atoms with Crippen molar-refractivity contribution in [2.45, 2.75) is 45.1 Å². The lowest BCUT2D eigenvalue weighted by Gasteiger charge is -2.16. The highest BCUT2D eigenvalue weighted by atomic mass is 16.5. The number of benzene rings is 1. The molecule has 2 rings (SSSR count). The molecule has 130 valence electrons. The summed E-state index contributed by atoms with van der Waals surface area (Å²) < 4.78 is 16.3. The van der Waals surface area contributed by atoms with Crippen molar-refractivity contribution in [3.8, 4) is 11.5 Å². The van der Waals surface area contributed by atoms with Gasteiger partial charge in [0.1, 0.15) is 23.2 Å². The van der Waals surface area contributed by atoms with Gasteiger partial charge < -0.3 is 14.2 Å². The van der Waals surface area contributed by atoms with Crippen LogP contribution in [0.1, 0.15) is 54.9 Å². The summed E-state index contributed by atoms with van der Waals surface area (Å²) >= 11 is 0. The van der Waals surface area contributed by atoms with Crippen molar-refractivity contribution in [2.24, 2.45) is 0 Å². The van der Waals surface area contributed by atoms with Crippen molar-refractivity contribution in [1.29, 1.82) is 0 Å². The summed E-state index contributed by atoms with van der Waals surface area (Å²) in [6.07, 6.45) is 13.1. The Morgan fingerprint density at radius 2 is 1.79 bits per heavy atom. The van der Waals surface area contributed by atoms with E-state index >= 15 is 0 Å². The molecule has 0 spiro atoms. The van der Waals surface area contributed by atoms with E-state index < -0.39 is 0 Å². The number of hydrogen-bond donors (Lipinski definition) is 0. The van der Waals surface area contributed by atoms with Crippen molar-refractivity contribution in [3.63, 3.8) is 0 Å². The fourth-order valence-electron chi connectivity index (χ4n) is 2.67. The number of methoxy groups -OCH3 is 2. The first-order chi connectivity index (χ1) is 11.7. The average molecular weight is 330 g/mol. The van der Waals surface area contributed by atoms with Gasteiger partial charge in [-0.3, -0.25) is 0 Å². The third-order valence-corrected chi connectivity index (χ3v) is 4.00. The van der Waals surface area contributed by atoms with Crippen LogP contribution in [0.5, 0.6) is 11.5 Å². The van der Waals surface area contributed by atoms with E-state index in [0.717, 1.165) is 37.7 Å². The zero-order valence-corrected chi connectivity index (χ0v) is 14.7. The molecular formula is C20H26O4. The van der Waals surface area contributed by atoms with Crippen molar-refractivity contribution in [3.05, 3.63) is 41.5 Å². The molecule has 0 saturated heterocycles. The molecule has 1 unspecified atom stereocenters. The molecule has 0 saturated carbocycles. The van der Waals surface area contributed by atoms with Gasteiger partial charge in [0, 0.05) is 12.5 Å². The van der Waals surface area contributed by atoms with Crippen LogP contribution in [0, 0.1) is 0 Å². The van der Waals surface area contributed by atoms with E-state index in [0.29, 0.717) is 17.1 Å². The van der Waals surface area contributed by atoms with Gasteiger partial charge in [-0.15, -0.1) is 0 Å². The molecule has 0 amide bonds. The number of carbonyl (C=O) groups excluding carboxylic acids is 1. The number of hydrogen-bond acceptors (Lipinski definition) is 4. The third-order valence-electron chi connectivity index (χ3n) is 4.00. The molecule has 0 N–H and O–H groups in total. The predicted octanol–water partition coefficient (Wildman–Crippen LogP) is 4.78. The summed E-state index contributed by atoms with van der Waals surface area (Å²) in [6, 6.07) is 3.55. The molecule has 0 radical (unpaired) electrons. The standard InChI is InChI=1S/C20H26O4/c1-15-11-9-7-5-4-6-8-10-12-16-13-17(22-2)14-18(23-3)19(16)20(21)24-15/h7,9-10,12-15H,4-6,8,11H2,1-3H3/b9-7+,12-10+. The van der Waals surface area contributed by atoms with Crippen LogP contribution in [0.3, 0.4) is 0 Å². The zero-order valence-electron chi connectivity index (χ0n) is 14.7. The first-order valence-corrected chi connectivity index (χ1v) is 8.44. The van der Waals surface area contributed by atoms with Gasteiger partial charge in [0.15, 0.2) is 0 Å². The number of ether oxygens (including phenoxy) is 3. The molecule has 0 aromatic heterocycles. The van der Waals surface area contributed by atoms with E-state index in [1.807, 2.05) is 19.1 Å². The summed E-state index contributed by atoms with van der Waals surface area (Å²) in [5, 5.41) is 0. The summed E-state index contributed by atoms with van der Waals surface area (Å²) in [5.41, 5.74) is 1.21. The Kier molecular flexibility index (Phi) is 6.91. The Hall–Kier alpha value is -2.23. The molecule has 1 aliphatic rings. The normalized spacial score (nSPS) is 21.8. The minimum absolute atomic E-state index is 0.180.